The molecule has 4 aliphatic rings. The summed E-state index contributed by atoms with van der Waals surface area (Å²) in [5.41, 5.74) is -2.35. The number of hydrogen-bond donors (Lipinski definition) is 0. The number of ether oxygens (including phenoxy) is 2. The molecule has 0 spiro atoms. The van der Waals surface area contributed by atoms with Crippen LogP contribution in [0, 0.1) is 22.7 Å². The van der Waals surface area contributed by atoms with Crippen molar-refractivity contribution in [2.24, 2.45) is 22.7 Å². The normalized spacial score (nSPS) is 32.4. The van der Waals surface area contributed by atoms with Crippen molar-refractivity contribution in [1.29, 1.82) is 0 Å². The van der Waals surface area contributed by atoms with E-state index in [0.29, 0.717) is 6.42 Å². The largest absolute Gasteiger partial charge is 0.745 e. The van der Waals surface area contributed by atoms with Gasteiger partial charge in [0.2, 0.25) is 0 Å². The SMILES string of the molecule is O=C(OCC12CC3CC(C1)CC(COC(=O)C(F)(C(F)(F)F)S(=O)(=O)[O-])(C3)C2)C(F)(SOO[O-])C(F)(F)F. The molecule has 0 aromatic carbocycles. The summed E-state index contributed by atoms with van der Waals surface area (Å²) in [5.74, 6) is -5.96. The van der Waals surface area contributed by atoms with Gasteiger partial charge in [-0.25, -0.2) is 26.8 Å². The Morgan fingerprint density at radius 2 is 1.29 bits per heavy atom. The Kier molecular flexibility index (Phi) is 8.06. The second-order valence-electron chi connectivity index (χ2n) is 9.97. The summed E-state index contributed by atoms with van der Waals surface area (Å²) in [6, 6.07) is 0. The fourth-order valence-corrected chi connectivity index (χ4v) is 7.12. The standard InChI is InChI=1S/C18H20F8O10S2/c19-15(17(21,22)23,37-36-35-29)11(27)33-7-13-2-9-1-10(3-13)5-14(4-9,6-13)8-34-12(28)16(20,18(24,25)26)38(30,31)32/h9-10,29H,1-8H2,(H,30,31,32)/p-2. The predicted octanol–water partition coefficient (Wildman–Crippen LogP) is 2.53. The smallest absolute Gasteiger partial charge is 0.447 e. The summed E-state index contributed by atoms with van der Waals surface area (Å²) >= 11 is -1.29. The predicted molar refractivity (Wildman–Crippen MR) is 101 cm³/mol. The average molecular weight is 610 g/mol. The molecule has 0 aromatic heterocycles. The van der Waals surface area contributed by atoms with Crippen LogP contribution < -0.4 is 5.26 Å². The number of hydrogen-bond acceptors (Lipinski definition) is 11. The zero-order valence-corrected chi connectivity index (χ0v) is 20.4. The first-order valence-electron chi connectivity index (χ1n) is 10.6. The summed E-state index contributed by atoms with van der Waals surface area (Å²) in [6.45, 7) is -1.77. The molecular weight excluding hydrogens is 592 g/mol. The summed E-state index contributed by atoms with van der Waals surface area (Å²) in [7, 11) is -6.90. The van der Waals surface area contributed by atoms with Crippen LogP contribution in [0.4, 0.5) is 35.1 Å². The van der Waals surface area contributed by atoms with Crippen LogP contribution in [0.3, 0.4) is 0 Å². The van der Waals surface area contributed by atoms with E-state index in [4.69, 9.17) is 0 Å². The van der Waals surface area contributed by atoms with Crippen LogP contribution in [0.15, 0.2) is 0 Å². The van der Waals surface area contributed by atoms with Crippen LogP contribution in [-0.4, -0.2) is 60.5 Å². The molecule has 10 nitrogen and oxygen atoms in total. The van der Waals surface area contributed by atoms with E-state index < -0.39 is 80.5 Å². The Labute approximate surface area is 213 Å². The number of carbonyl (C=O) groups excluding carboxylic acids is 2. The van der Waals surface area contributed by atoms with Crippen molar-refractivity contribution >= 4 is 34.1 Å². The van der Waals surface area contributed by atoms with Gasteiger partial charge in [-0.05, 0) is 50.4 Å². The minimum absolute atomic E-state index is 0.137. The monoisotopic (exact) mass is 610 g/mol. The highest BCUT2D eigenvalue weighted by Crippen LogP contribution is 2.65. The summed E-state index contributed by atoms with van der Waals surface area (Å²) < 4.78 is 152. The van der Waals surface area contributed by atoms with Crippen molar-refractivity contribution in [3.8, 4) is 0 Å². The van der Waals surface area contributed by atoms with E-state index in [9.17, 15) is 62.9 Å². The molecule has 4 bridgehead atoms. The average Bonchev–Trinajstić information content (AvgIpc) is 2.75. The lowest BCUT2D eigenvalue weighted by molar-refractivity contribution is -0.777. The van der Waals surface area contributed by atoms with Gasteiger partial charge < -0.3 is 19.3 Å². The van der Waals surface area contributed by atoms with Gasteiger partial charge in [0, 0.05) is 10.8 Å². The first-order chi connectivity index (χ1) is 17.1. The molecule has 0 amide bonds. The fraction of sp³-hybridized carbons (Fsp3) is 0.889. The van der Waals surface area contributed by atoms with Crippen LogP contribution in [0.1, 0.15) is 38.5 Å². The third-order valence-corrected chi connectivity index (χ3v) is 8.94. The Morgan fingerprint density at radius 1 is 0.842 bits per heavy atom. The van der Waals surface area contributed by atoms with Crippen LogP contribution in [-0.2, 0) is 38.6 Å². The highest BCUT2D eigenvalue weighted by Gasteiger charge is 2.70. The second-order valence-corrected chi connectivity index (χ2v) is 12.3. The van der Waals surface area contributed by atoms with E-state index in [-0.39, 0.29) is 43.9 Å². The highest BCUT2D eigenvalue weighted by atomic mass is 32.2. The Balaban J connectivity index is 1.76. The second kappa shape index (κ2) is 9.86. The third kappa shape index (κ3) is 5.43. The molecular formula is C18H18F8O10S2-2. The lowest BCUT2D eigenvalue weighted by Gasteiger charge is -2.61. The number of carbonyl (C=O) groups is 2. The maximum atomic E-state index is 14.4. The van der Waals surface area contributed by atoms with Crippen LogP contribution in [0.5, 0.6) is 0 Å². The maximum absolute atomic E-state index is 14.4. The van der Waals surface area contributed by atoms with Crippen molar-refractivity contribution in [2.75, 3.05) is 13.2 Å². The summed E-state index contributed by atoms with van der Waals surface area (Å²) in [4.78, 5) is 23.9. The van der Waals surface area contributed by atoms with Crippen LogP contribution in [0.2, 0.25) is 0 Å². The molecule has 38 heavy (non-hydrogen) atoms. The molecule has 0 aromatic rings. The van der Waals surface area contributed by atoms with E-state index in [1.807, 2.05) is 0 Å². The van der Waals surface area contributed by atoms with Crippen molar-refractivity contribution < 1.29 is 81.8 Å². The van der Waals surface area contributed by atoms with Crippen molar-refractivity contribution in [3.63, 3.8) is 0 Å². The molecule has 4 saturated carbocycles. The minimum Gasteiger partial charge on any atom is -0.745 e. The zero-order chi connectivity index (χ0) is 29.0. The van der Waals surface area contributed by atoms with Gasteiger partial charge in [0.05, 0.1) is 25.3 Å². The van der Waals surface area contributed by atoms with Gasteiger partial charge in [-0.3, -0.25) is 5.04 Å². The molecule has 0 radical (unpaired) electrons. The topological polar surface area (TPSA) is 151 Å². The molecule has 0 aliphatic heterocycles. The Hall–Kier alpha value is -1.48. The molecule has 4 atom stereocenters. The van der Waals surface area contributed by atoms with Crippen LogP contribution in [0.25, 0.3) is 0 Å². The van der Waals surface area contributed by atoms with Gasteiger partial charge in [-0.1, -0.05) is 0 Å². The van der Waals surface area contributed by atoms with Crippen molar-refractivity contribution in [2.45, 2.75) is 60.9 Å². The number of halogens is 8. The molecule has 4 unspecified atom stereocenters. The number of esters is 2. The molecule has 4 rings (SSSR count). The molecule has 0 saturated heterocycles. The maximum Gasteiger partial charge on any atom is 0.447 e. The van der Waals surface area contributed by atoms with Crippen molar-refractivity contribution in [1.82, 2.24) is 0 Å². The van der Waals surface area contributed by atoms with Crippen LogP contribution >= 0.6 is 12.0 Å². The quantitative estimate of drug-likeness (QED) is 0.0896. The fourth-order valence-electron chi connectivity index (χ4n) is 6.23. The zero-order valence-electron chi connectivity index (χ0n) is 18.7. The lowest BCUT2D eigenvalue weighted by Crippen LogP contribution is -2.58. The molecule has 20 heteroatoms. The molecule has 4 fully saturated rings. The molecule has 4 aliphatic carbocycles. The minimum atomic E-state index is -6.90. The van der Waals surface area contributed by atoms with Gasteiger partial charge in [-0.15, -0.1) is 0 Å². The third-order valence-electron chi connectivity index (χ3n) is 7.10. The van der Waals surface area contributed by atoms with Gasteiger partial charge in [0.25, 0.3) is 0 Å². The van der Waals surface area contributed by atoms with Crippen molar-refractivity contribution in [3.05, 3.63) is 0 Å². The van der Waals surface area contributed by atoms with Gasteiger partial charge in [0.15, 0.2) is 10.1 Å². The number of alkyl halides is 8. The molecule has 0 heterocycles. The van der Waals surface area contributed by atoms with E-state index in [1.165, 1.54) is 0 Å². The highest BCUT2D eigenvalue weighted by molar-refractivity contribution is 7.96. The molecule has 220 valence electrons. The number of rotatable bonds is 10. The van der Waals surface area contributed by atoms with Gasteiger partial charge in [0.1, 0.15) is 0 Å². The molecule has 0 N–H and O–H groups in total. The van der Waals surface area contributed by atoms with E-state index in [2.05, 4.69) is 18.8 Å². The summed E-state index contributed by atoms with van der Waals surface area (Å²) in [5, 5.41) is 1.77. The van der Waals surface area contributed by atoms with E-state index >= 15 is 0 Å². The Morgan fingerprint density at radius 3 is 1.66 bits per heavy atom. The van der Waals surface area contributed by atoms with Gasteiger partial charge >= 0.3 is 34.3 Å². The lowest BCUT2D eigenvalue weighted by atomic mass is 9.44. The summed E-state index contributed by atoms with van der Waals surface area (Å²) in [6.07, 6.45) is -11.1. The van der Waals surface area contributed by atoms with E-state index in [1.54, 1.807) is 0 Å². The first-order valence-corrected chi connectivity index (χ1v) is 12.7. The van der Waals surface area contributed by atoms with E-state index in [0.717, 1.165) is 0 Å². The Bertz CT molecular complexity index is 1040. The van der Waals surface area contributed by atoms with Gasteiger partial charge in [-0.2, -0.15) is 30.7 Å². The first kappa shape index (κ1) is 31.1.